The van der Waals surface area contributed by atoms with Gasteiger partial charge in [-0.15, -0.1) is 0 Å². The fraction of sp³-hybridized carbons (Fsp3) is 1.00. The van der Waals surface area contributed by atoms with Crippen molar-refractivity contribution in [2.24, 2.45) is 5.92 Å². The maximum Gasteiger partial charge on any atom is 0.0568 e. The second-order valence-corrected chi connectivity index (χ2v) is 3.02. The van der Waals surface area contributed by atoms with E-state index in [0.717, 1.165) is 12.8 Å². The Morgan fingerprint density at radius 2 is 2.00 bits per heavy atom. The van der Waals surface area contributed by atoms with Gasteiger partial charge in [0.2, 0.25) is 0 Å². The predicted molar refractivity (Wildman–Crippen MR) is 38.3 cm³/mol. The van der Waals surface area contributed by atoms with Gasteiger partial charge in [0.05, 0.1) is 6.10 Å². The first kappa shape index (κ1) is 7.07. The summed E-state index contributed by atoms with van der Waals surface area (Å²) in [4.78, 5) is 0. The molecule has 1 aliphatic carbocycles. The van der Waals surface area contributed by atoms with Crippen molar-refractivity contribution in [3.8, 4) is 0 Å². The van der Waals surface area contributed by atoms with Crippen molar-refractivity contribution in [3.63, 3.8) is 0 Å². The van der Waals surface area contributed by atoms with Crippen LogP contribution in [0, 0.1) is 5.92 Å². The summed E-state index contributed by atoms with van der Waals surface area (Å²) in [6.07, 6.45) is 6.02. The standard InChI is InChI=1S/C8H16O/c1-2-7-5-3-4-6-8(7)9/h7-9H,2-6H2,1H3/t7-,8+/m0/s1. The fourth-order valence-electron chi connectivity index (χ4n) is 1.66. The third-order valence-corrected chi connectivity index (χ3v) is 2.39. The molecule has 1 nitrogen and oxygen atoms in total. The molecule has 1 saturated carbocycles. The van der Waals surface area contributed by atoms with Gasteiger partial charge in [0, 0.05) is 0 Å². The quantitative estimate of drug-likeness (QED) is 0.572. The summed E-state index contributed by atoms with van der Waals surface area (Å²) in [5, 5.41) is 9.37. The number of aliphatic hydroxyl groups excluding tert-OH is 1. The van der Waals surface area contributed by atoms with Crippen LogP contribution in [0.2, 0.25) is 0 Å². The summed E-state index contributed by atoms with van der Waals surface area (Å²) < 4.78 is 0. The van der Waals surface area contributed by atoms with Gasteiger partial charge in [-0.25, -0.2) is 0 Å². The monoisotopic (exact) mass is 128 g/mol. The SMILES string of the molecule is CC[C@H]1CCCC[C@H]1O. The maximum atomic E-state index is 9.37. The summed E-state index contributed by atoms with van der Waals surface area (Å²) >= 11 is 0. The molecule has 0 aromatic carbocycles. The molecule has 0 aromatic rings. The topological polar surface area (TPSA) is 20.2 Å². The zero-order valence-corrected chi connectivity index (χ0v) is 6.14. The minimum absolute atomic E-state index is 0.0174. The molecule has 0 spiro atoms. The molecule has 0 aromatic heterocycles. The predicted octanol–water partition coefficient (Wildman–Crippen LogP) is 1.95. The van der Waals surface area contributed by atoms with Crippen LogP contribution in [0.25, 0.3) is 0 Å². The van der Waals surface area contributed by atoms with E-state index in [1.165, 1.54) is 19.3 Å². The van der Waals surface area contributed by atoms with Crippen LogP contribution in [0.4, 0.5) is 0 Å². The van der Waals surface area contributed by atoms with Crippen LogP contribution in [0.3, 0.4) is 0 Å². The lowest BCUT2D eigenvalue weighted by atomic mass is 9.85. The van der Waals surface area contributed by atoms with Crippen molar-refractivity contribution in [1.82, 2.24) is 0 Å². The third kappa shape index (κ3) is 1.68. The summed E-state index contributed by atoms with van der Waals surface area (Å²) in [6.45, 7) is 2.17. The molecule has 0 heterocycles. The number of hydrogen-bond donors (Lipinski definition) is 1. The molecule has 0 unspecified atom stereocenters. The Hall–Kier alpha value is -0.0400. The molecule has 0 amide bonds. The Bertz CT molecular complexity index is 80.6. The Morgan fingerprint density at radius 1 is 1.33 bits per heavy atom. The van der Waals surface area contributed by atoms with E-state index in [1.54, 1.807) is 0 Å². The number of aliphatic hydroxyl groups is 1. The van der Waals surface area contributed by atoms with Gasteiger partial charge in [-0.2, -0.15) is 0 Å². The summed E-state index contributed by atoms with van der Waals surface area (Å²) in [5.41, 5.74) is 0. The Kier molecular flexibility index (Phi) is 2.52. The van der Waals surface area contributed by atoms with E-state index in [2.05, 4.69) is 6.92 Å². The van der Waals surface area contributed by atoms with Gasteiger partial charge < -0.3 is 5.11 Å². The highest BCUT2D eigenvalue weighted by molar-refractivity contribution is 4.72. The molecule has 0 bridgehead atoms. The van der Waals surface area contributed by atoms with Crippen molar-refractivity contribution in [2.45, 2.75) is 45.1 Å². The lowest BCUT2D eigenvalue weighted by Gasteiger charge is -2.25. The summed E-state index contributed by atoms with van der Waals surface area (Å²) in [5.74, 6) is 0.610. The first-order valence-corrected chi connectivity index (χ1v) is 4.02. The smallest absolute Gasteiger partial charge is 0.0568 e. The van der Waals surface area contributed by atoms with Crippen LogP contribution in [-0.4, -0.2) is 11.2 Å². The van der Waals surface area contributed by atoms with E-state index in [4.69, 9.17) is 0 Å². The highest BCUT2D eigenvalue weighted by Gasteiger charge is 2.20. The van der Waals surface area contributed by atoms with Crippen molar-refractivity contribution in [1.29, 1.82) is 0 Å². The molecule has 1 rings (SSSR count). The molecular weight excluding hydrogens is 112 g/mol. The molecule has 2 atom stereocenters. The summed E-state index contributed by atoms with van der Waals surface area (Å²) in [6, 6.07) is 0. The molecule has 1 aliphatic rings. The highest BCUT2D eigenvalue weighted by Crippen LogP contribution is 2.26. The molecule has 9 heavy (non-hydrogen) atoms. The van der Waals surface area contributed by atoms with Gasteiger partial charge in [0.1, 0.15) is 0 Å². The highest BCUT2D eigenvalue weighted by atomic mass is 16.3. The summed E-state index contributed by atoms with van der Waals surface area (Å²) in [7, 11) is 0. The van der Waals surface area contributed by atoms with Gasteiger partial charge in [-0.3, -0.25) is 0 Å². The minimum atomic E-state index is 0.0174. The second kappa shape index (κ2) is 3.21. The average molecular weight is 128 g/mol. The first-order valence-electron chi connectivity index (χ1n) is 4.02. The number of rotatable bonds is 1. The van der Waals surface area contributed by atoms with Crippen LogP contribution in [0.1, 0.15) is 39.0 Å². The molecular formula is C8H16O. The van der Waals surface area contributed by atoms with Crippen molar-refractivity contribution >= 4 is 0 Å². The third-order valence-electron chi connectivity index (χ3n) is 2.39. The van der Waals surface area contributed by atoms with Gasteiger partial charge >= 0.3 is 0 Å². The average Bonchev–Trinajstić information content (AvgIpc) is 1.89. The lowest BCUT2D eigenvalue weighted by Crippen LogP contribution is -2.23. The molecule has 1 fully saturated rings. The lowest BCUT2D eigenvalue weighted by molar-refractivity contribution is 0.0680. The Morgan fingerprint density at radius 3 is 2.44 bits per heavy atom. The molecule has 0 saturated heterocycles. The van der Waals surface area contributed by atoms with Crippen molar-refractivity contribution in [3.05, 3.63) is 0 Å². The molecule has 1 N–H and O–H groups in total. The van der Waals surface area contributed by atoms with Gasteiger partial charge in [0.15, 0.2) is 0 Å². The first-order chi connectivity index (χ1) is 4.34. The van der Waals surface area contributed by atoms with Gasteiger partial charge in [0.25, 0.3) is 0 Å². The van der Waals surface area contributed by atoms with E-state index >= 15 is 0 Å². The van der Waals surface area contributed by atoms with E-state index in [1.807, 2.05) is 0 Å². The van der Waals surface area contributed by atoms with Crippen LogP contribution >= 0.6 is 0 Å². The van der Waals surface area contributed by atoms with E-state index in [9.17, 15) is 5.11 Å². The fourth-order valence-corrected chi connectivity index (χ4v) is 1.66. The minimum Gasteiger partial charge on any atom is -0.393 e. The zero-order valence-electron chi connectivity index (χ0n) is 6.14. The van der Waals surface area contributed by atoms with Gasteiger partial charge in [-0.05, 0) is 18.8 Å². The number of hydrogen-bond acceptors (Lipinski definition) is 1. The Balaban J connectivity index is 2.30. The largest absolute Gasteiger partial charge is 0.393 e. The van der Waals surface area contributed by atoms with Crippen LogP contribution in [0.5, 0.6) is 0 Å². The molecule has 0 radical (unpaired) electrons. The molecule has 54 valence electrons. The second-order valence-electron chi connectivity index (χ2n) is 3.02. The normalized spacial score (nSPS) is 36.7. The zero-order chi connectivity index (χ0) is 6.69. The van der Waals surface area contributed by atoms with Crippen molar-refractivity contribution < 1.29 is 5.11 Å². The van der Waals surface area contributed by atoms with Crippen LogP contribution in [0.15, 0.2) is 0 Å². The van der Waals surface area contributed by atoms with E-state index in [0.29, 0.717) is 5.92 Å². The molecule has 1 heteroatoms. The molecule has 0 aliphatic heterocycles. The van der Waals surface area contributed by atoms with E-state index < -0.39 is 0 Å². The Labute approximate surface area is 57.1 Å². The van der Waals surface area contributed by atoms with Crippen LogP contribution < -0.4 is 0 Å². The maximum absolute atomic E-state index is 9.37. The van der Waals surface area contributed by atoms with E-state index in [-0.39, 0.29) is 6.10 Å². The van der Waals surface area contributed by atoms with Crippen molar-refractivity contribution in [2.75, 3.05) is 0 Å². The van der Waals surface area contributed by atoms with Gasteiger partial charge in [-0.1, -0.05) is 26.2 Å². The van der Waals surface area contributed by atoms with Crippen LogP contribution in [-0.2, 0) is 0 Å².